The molecule has 0 heterocycles. The van der Waals surface area contributed by atoms with E-state index in [9.17, 15) is 10.2 Å². The second-order valence-electron chi connectivity index (χ2n) is 7.15. The van der Waals surface area contributed by atoms with Crippen molar-refractivity contribution in [2.45, 2.75) is 24.0 Å². The predicted octanol–water partition coefficient (Wildman–Crippen LogP) is 4.13. The van der Waals surface area contributed by atoms with Gasteiger partial charge in [-0.15, -0.1) is 12.3 Å². The van der Waals surface area contributed by atoms with E-state index >= 15 is 0 Å². The quantitative estimate of drug-likeness (QED) is 0.429. The summed E-state index contributed by atoms with van der Waals surface area (Å²) >= 11 is 0. The van der Waals surface area contributed by atoms with E-state index in [0.717, 1.165) is 16.7 Å². The van der Waals surface area contributed by atoms with Crippen molar-refractivity contribution in [3.63, 3.8) is 0 Å². The minimum Gasteiger partial charge on any atom is -0.393 e. The molecule has 148 valence electrons. The molecule has 3 rings (SSSR count). The van der Waals surface area contributed by atoms with Crippen molar-refractivity contribution in [1.29, 1.82) is 0 Å². The summed E-state index contributed by atoms with van der Waals surface area (Å²) in [5.74, 6) is 2.52. The van der Waals surface area contributed by atoms with Gasteiger partial charge in [0.1, 0.15) is 11.2 Å². The lowest BCUT2D eigenvalue weighted by Gasteiger charge is -2.38. The van der Waals surface area contributed by atoms with Gasteiger partial charge in [-0.1, -0.05) is 91.0 Å². The van der Waals surface area contributed by atoms with E-state index < -0.39 is 17.8 Å². The molecule has 0 aliphatic carbocycles. The molecule has 0 saturated heterocycles. The fourth-order valence-corrected chi connectivity index (χ4v) is 3.51. The van der Waals surface area contributed by atoms with Crippen LogP contribution in [0.5, 0.6) is 0 Å². The molecular formula is C26H26O3. The Balaban J connectivity index is 2.14. The highest BCUT2D eigenvalue weighted by atomic mass is 16.5. The first kappa shape index (κ1) is 20.8. The maximum absolute atomic E-state index is 10.9. The van der Waals surface area contributed by atoms with Crippen molar-refractivity contribution in [2.75, 3.05) is 13.2 Å². The Hall–Kier alpha value is -2.90. The van der Waals surface area contributed by atoms with E-state index in [0.29, 0.717) is 6.42 Å². The highest BCUT2D eigenvalue weighted by Gasteiger charge is 2.40. The average molecular weight is 386 g/mol. The average Bonchev–Trinajstić information content (AvgIpc) is 2.80. The largest absolute Gasteiger partial charge is 0.393 e. The van der Waals surface area contributed by atoms with E-state index in [1.165, 1.54) is 0 Å². The van der Waals surface area contributed by atoms with Gasteiger partial charge in [0, 0.05) is 6.42 Å². The van der Waals surface area contributed by atoms with Gasteiger partial charge in [0.2, 0.25) is 0 Å². The molecule has 0 bridgehead atoms. The molecule has 29 heavy (non-hydrogen) atoms. The summed E-state index contributed by atoms with van der Waals surface area (Å²) in [5, 5.41) is 20.7. The molecule has 1 atom stereocenters. The molecule has 0 saturated carbocycles. The van der Waals surface area contributed by atoms with Gasteiger partial charge in [0.05, 0.1) is 13.2 Å². The highest BCUT2D eigenvalue weighted by molar-refractivity contribution is 5.47. The SMILES string of the molecule is C#CCC[C@@](O)(CO)COC(c1ccccc1)(c1ccccc1)c1ccccc1. The summed E-state index contributed by atoms with van der Waals surface area (Å²) in [5.41, 5.74) is 0.456. The smallest absolute Gasteiger partial charge is 0.143 e. The van der Waals surface area contributed by atoms with Crippen LogP contribution in [0, 0.1) is 12.3 Å². The van der Waals surface area contributed by atoms with E-state index in [1.807, 2.05) is 91.0 Å². The number of terminal acetylenes is 1. The van der Waals surface area contributed by atoms with E-state index in [1.54, 1.807) is 0 Å². The van der Waals surface area contributed by atoms with Gasteiger partial charge >= 0.3 is 0 Å². The molecule has 0 radical (unpaired) electrons. The van der Waals surface area contributed by atoms with Crippen molar-refractivity contribution >= 4 is 0 Å². The van der Waals surface area contributed by atoms with Crippen LogP contribution in [0.2, 0.25) is 0 Å². The zero-order valence-corrected chi connectivity index (χ0v) is 16.4. The third kappa shape index (κ3) is 4.58. The van der Waals surface area contributed by atoms with Gasteiger partial charge < -0.3 is 14.9 Å². The third-order valence-electron chi connectivity index (χ3n) is 5.13. The number of rotatable bonds is 9. The molecule has 0 unspecified atom stereocenters. The Morgan fingerprint density at radius 2 is 1.17 bits per heavy atom. The van der Waals surface area contributed by atoms with E-state index in [4.69, 9.17) is 11.2 Å². The summed E-state index contributed by atoms with van der Waals surface area (Å²) in [6, 6.07) is 29.8. The lowest BCUT2D eigenvalue weighted by Crippen LogP contribution is -2.44. The summed E-state index contributed by atoms with van der Waals surface area (Å²) < 4.78 is 6.56. The van der Waals surface area contributed by atoms with Crippen LogP contribution in [0.3, 0.4) is 0 Å². The van der Waals surface area contributed by atoms with Crippen LogP contribution in [-0.4, -0.2) is 29.0 Å². The molecule has 3 aromatic carbocycles. The molecule has 0 aliphatic rings. The van der Waals surface area contributed by atoms with Crippen molar-refractivity contribution in [1.82, 2.24) is 0 Å². The van der Waals surface area contributed by atoms with Crippen molar-refractivity contribution in [2.24, 2.45) is 0 Å². The van der Waals surface area contributed by atoms with Crippen LogP contribution in [0.25, 0.3) is 0 Å². The number of hydrogen-bond donors (Lipinski definition) is 2. The summed E-state index contributed by atoms with van der Waals surface area (Å²) in [4.78, 5) is 0. The first-order chi connectivity index (χ1) is 14.1. The topological polar surface area (TPSA) is 49.7 Å². The van der Waals surface area contributed by atoms with Crippen LogP contribution >= 0.6 is 0 Å². The van der Waals surface area contributed by atoms with Crippen molar-refractivity contribution < 1.29 is 14.9 Å². The number of benzene rings is 3. The van der Waals surface area contributed by atoms with Crippen LogP contribution in [0.15, 0.2) is 91.0 Å². The van der Waals surface area contributed by atoms with Crippen LogP contribution in [0.4, 0.5) is 0 Å². The van der Waals surface area contributed by atoms with Gasteiger partial charge in [0.15, 0.2) is 0 Å². The third-order valence-corrected chi connectivity index (χ3v) is 5.13. The Bertz CT molecular complexity index is 820. The van der Waals surface area contributed by atoms with Gasteiger partial charge in [-0.05, 0) is 23.1 Å². The zero-order chi connectivity index (χ0) is 20.6. The zero-order valence-electron chi connectivity index (χ0n) is 16.4. The Kier molecular flexibility index (Phi) is 6.85. The second kappa shape index (κ2) is 9.54. The monoisotopic (exact) mass is 386 g/mol. The molecule has 0 spiro atoms. The van der Waals surface area contributed by atoms with Gasteiger partial charge in [0.25, 0.3) is 0 Å². The number of ether oxygens (including phenoxy) is 1. The lowest BCUT2D eigenvalue weighted by atomic mass is 9.80. The number of hydrogen-bond acceptors (Lipinski definition) is 3. The summed E-state index contributed by atoms with van der Waals surface area (Å²) in [6.45, 7) is -0.493. The lowest BCUT2D eigenvalue weighted by molar-refractivity contribution is -0.116. The molecule has 3 nitrogen and oxygen atoms in total. The van der Waals surface area contributed by atoms with Crippen molar-refractivity contribution in [3.8, 4) is 12.3 Å². The standard InChI is InChI=1S/C26H26O3/c1-2-3-19-25(28,20-27)21-29-26(22-13-7-4-8-14-22,23-15-9-5-10-16-23)24-17-11-6-12-18-24/h1,4-18,27-28H,3,19-21H2/t25-/m1/s1. The second-order valence-corrected chi connectivity index (χ2v) is 7.15. The molecule has 3 aromatic rings. The molecule has 0 aromatic heterocycles. The molecule has 3 heteroatoms. The normalized spacial score (nSPS) is 13.4. The minimum atomic E-state index is -1.42. The Morgan fingerprint density at radius 3 is 1.52 bits per heavy atom. The molecule has 2 N–H and O–H groups in total. The van der Waals surface area contributed by atoms with Crippen molar-refractivity contribution in [3.05, 3.63) is 108 Å². The number of aliphatic hydroxyl groups excluding tert-OH is 1. The maximum atomic E-state index is 10.9. The fourth-order valence-electron chi connectivity index (χ4n) is 3.51. The van der Waals surface area contributed by atoms with Crippen LogP contribution < -0.4 is 0 Å². The molecule has 0 amide bonds. The minimum absolute atomic E-state index is 0.0656. The van der Waals surface area contributed by atoms with E-state index in [-0.39, 0.29) is 13.0 Å². The first-order valence-corrected chi connectivity index (χ1v) is 9.72. The summed E-state index contributed by atoms with van der Waals surface area (Å²) in [7, 11) is 0. The highest BCUT2D eigenvalue weighted by Crippen LogP contribution is 2.41. The molecule has 0 fully saturated rings. The first-order valence-electron chi connectivity index (χ1n) is 9.72. The number of aliphatic hydroxyl groups is 2. The van der Waals surface area contributed by atoms with Gasteiger partial charge in [-0.3, -0.25) is 0 Å². The fraction of sp³-hybridized carbons (Fsp3) is 0.231. The molecule has 0 aliphatic heterocycles. The van der Waals surface area contributed by atoms with Crippen LogP contribution in [0.1, 0.15) is 29.5 Å². The van der Waals surface area contributed by atoms with Gasteiger partial charge in [-0.25, -0.2) is 0 Å². The summed E-state index contributed by atoms with van der Waals surface area (Å²) in [6.07, 6.45) is 5.98. The van der Waals surface area contributed by atoms with Crippen LogP contribution in [-0.2, 0) is 10.3 Å². The predicted molar refractivity (Wildman–Crippen MR) is 115 cm³/mol. The maximum Gasteiger partial charge on any atom is 0.143 e. The Morgan fingerprint density at radius 1 is 0.759 bits per heavy atom. The van der Waals surface area contributed by atoms with E-state index in [2.05, 4.69) is 5.92 Å². The van der Waals surface area contributed by atoms with Gasteiger partial charge in [-0.2, -0.15) is 0 Å². The molecular weight excluding hydrogens is 360 g/mol. The Labute approximate surface area is 172 Å².